The lowest BCUT2D eigenvalue weighted by Crippen LogP contribution is -2.43. The summed E-state index contributed by atoms with van der Waals surface area (Å²) < 4.78 is 39.9. The fraction of sp³-hybridized carbons (Fsp3) is 0.222. The summed E-state index contributed by atoms with van der Waals surface area (Å²) in [7, 11) is 0. The molecule has 0 aromatic heterocycles. The van der Waals surface area contributed by atoms with Crippen molar-refractivity contribution in [2.45, 2.75) is 25.6 Å². The first-order chi connectivity index (χ1) is 12.2. The number of anilines is 1. The Morgan fingerprint density at radius 3 is 2.50 bits per heavy atom. The molecule has 136 valence electrons. The van der Waals surface area contributed by atoms with Gasteiger partial charge in [0.05, 0.1) is 11.8 Å². The van der Waals surface area contributed by atoms with Crippen LogP contribution in [0.5, 0.6) is 0 Å². The van der Waals surface area contributed by atoms with Gasteiger partial charge in [0.15, 0.2) is 0 Å². The van der Waals surface area contributed by atoms with E-state index in [4.69, 9.17) is 5.73 Å². The van der Waals surface area contributed by atoms with E-state index < -0.39 is 18.1 Å². The minimum Gasteiger partial charge on any atom is -0.399 e. The number of benzene rings is 2. The van der Waals surface area contributed by atoms with Gasteiger partial charge in [0.1, 0.15) is 0 Å². The molecule has 4 nitrogen and oxygen atoms in total. The quantitative estimate of drug-likeness (QED) is 0.698. The summed E-state index contributed by atoms with van der Waals surface area (Å²) in [6.07, 6.45) is -4.74. The smallest absolute Gasteiger partial charge is 0.399 e. The van der Waals surface area contributed by atoms with E-state index in [9.17, 15) is 18.0 Å². The molecule has 26 heavy (non-hydrogen) atoms. The first-order valence-corrected chi connectivity index (χ1v) is 8.60. The van der Waals surface area contributed by atoms with Crippen LogP contribution in [0.2, 0.25) is 0 Å². The Hall–Kier alpha value is -2.35. The summed E-state index contributed by atoms with van der Waals surface area (Å²) >= 11 is 3.38. The van der Waals surface area contributed by atoms with Gasteiger partial charge in [0.2, 0.25) is 0 Å². The molecule has 0 saturated carbocycles. The molecule has 1 unspecified atom stereocenters. The maximum atomic E-state index is 13.0. The van der Waals surface area contributed by atoms with Crippen LogP contribution in [-0.4, -0.2) is 28.8 Å². The summed E-state index contributed by atoms with van der Waals surface area (Å²) in [6, 6.07) is 11.3. The molecule has 8 heteroatoms. The number of carbonyl (C=O) groups excluding carboxylic acids is 1. The lowest BCUT2D eigenvalue weighted by atomic mass is 9.95. The molecule has 1 atom stereocenters. The molecule has 0 aliphatic carbocycles. The van der Waals surface area contributed by atoms with E-state index in [0.29, 0.717) is 27.5 Å². The van der Waals surface area contributed by atoms with Crippen LogP contribution in [0.3, 0.4) is 0 Å². The summed E-state index contributed by atoms with van der Waals surface area (Å²) in [5.74, 6) is -1.98. The Morgan fingerprint density at radius 1 is 1.23 bits per heavy atom. The number of carbonyl (C=O) groups is 1. The van der Waals surface area contributed by atoms with Gasteiger partial charge in [-0.05, 0) is 43.2 Å². The minimum absolute atomic E-state index is 0.256. The third kappa shape index (κ3) is 3.60. The zero-order chi connectivity index (χ0) is 19.1. The Labute approximate surface area is 156 Å². The van der Waals surface area contributed by atoms with Crippen LogP contribution in [-0.2, 0) is 11.2 Å². The van der Waals surface area contributed by atoms with Crippen molar-refractivity contribution >= 4 is 33.2 Å². The predicted octanol–water partition coefficient (Wildman–Crippen LogP) is 4.12. The second-order valence-corrected chi connectivity index (χ2v) is 6.99. The summed E-state index contributed by atoms with van der Waals surface area (Å²) in [5.41, 5.74) is 8.58. The molecule has 2 aromatic rings. The van der Waals surface area contributed by atoms with Crippen molar-refractivity contribution < 1.29 is 18.0 Å². The molecule has 0 fully saturated rings. The van der Waals surface area contributed by atoms with Gasteiger partial charge in [-0.2, -0.15) is 18.3 Å². The number of halogens is 4. The van der Waals surface area contributed by atoms with Gasteiger partial charge in [0, 0.05) is 21.3 Å². The van der Waals surface area contributed by atoms with E-state index in [1.54, 1.807) is 37.3 Å². The Kier molecular flexibility index (Phi) is 4.79. The van der Waals surface area contributed by atoms with E-state index in [1.807, 2.05) is 12.1 Å². The number of nitrogens with zero attached hydrogens (tertiary/aromatic N) is 2. The second-order valence-electron chi connectivity index (χ2n) is 6.07. The molecule has 2 N–H and O–H groups in total. The number of amides is 1. The Bertz CT molecular complexity index is 878. The minimum atomic E-state index is -5.00. The predicted molar refractivity (Wildman–Crippen MR) is 96.7 cm³/mol. The Balaban J connectivity index is 2.20. The van der Waals surface area contributed by atoms with E-state index in [0.717, 1.165) is 10.0 Å². The van der Waals surface area contributed by atoms with Gasteiger partial charge in [-0.15, -0.1) is 0 Å². The molecule has 1 aliphatic heterocycles. The fourth-order valence-electron chi connectivity index (χ4n) is 2.84. The highest BCUT2D eigenvalue weighted by molar-refractivity contribution is 9.10. The highest BCUT2D eigenvalue weighted by Gasteiger charge is 2.45. The van der Waals surface area contributed by atoms with E-state index in [-0.39, 0.29) is 6.42 Å². The highest BCUT2D eigenvalue weighted by atomic mass is 79.9. The largest absolute Gasteiger partial charge is 0.473 e. The number of hydrogen-bond acceptors (Lipinski definition) is 3. The SMILES string of the molecule is CC1Cc2ccc(Br)cc2C(c2ccc(N)cc2)=NN1C(=O)C(F)(F)F. The van der Waals surface area contributed by atoms with Gasteiger partial charge in [-0.3, -0.25) is 4.79 Å². The van der Waals surface area contributed by atoms with Crippen molar-refractivity contribution in [3.05, 3.63) is 63.6 Å². The molecule has 0 spiro atoms. The molecular formula is C18H15BrF3N3O. The van der Waals surface area contributed by atoms with Gasteiger partial charge in [-0.1, -0.05) is 34.1 Å². The molecule has 3 rings (SSSR count). The van der Waals surface area contributed by atoms with Crippen molar-refractivity contribution in [2.75, 3.05) is 5.73 Å². The standard InChI is InChI=1S/C18H15BrF3N3O/c1-10-8-12-2-5-13(19)9-15(12)16(11-3-6-14(23)7-4-11)24-25(10)17(26)18(20,21)22/h2-7,9-10H,8,23H2,1H3. The lowest BCUT2D eigenvalue weighted by molar-refractivity contribution is -0.187. The first-order valence-electron chi connectivity index (χ1n) is 7.80. The van der Waals surface area contributed by atoms with Crippen LogP contribution in [0, 0.1) is 0 Å². The number of nitrogen functional groups attached to an aromatic ring is 1. The normalized spacial score (nSPS) is 17.3. The van der Waals surface area contributed by atoms with Crippen molar-refractivity contribution in [3.8, 4) is 0 Å². The molecule has 1 amide bonds. The van der Waals surface area contributed by atoms with E-state index in [1.165, 1.54) is 0 Å². The van der Waals surface area contributed by atoms with Crippen molar-refractivity contribution in [1.29, 1.82) is 0 Å². The second kappa shape index (κ2) is 6.75. The molecule has 1 heterocycles. The summed E-state index contributed by atoms with van der Waals surface area (Å²) in [4.78, 5) is 11.9. The Morgan fingerprint density at radius 2 is 1.88 bits per heavy atom. The number of fused-ring (bicyclic) bond motifs is 1. The average molecular weight is 426 g/mol. The third-order valence-corrected chi connectivity index (χ3v) is 4.60. The molecule has 2 aromatic carbocycles. The van der Waals surface area contributed by atoms with Crippen LogP contribution in [0.25, 0.3) is 0 Å². The number of alkyl halides is 3. The van der Waals surface area contributed by atoms with E-state index >= 15 is 0 Å². The highest BCUT2D eigenvalue weighted by Crippen LogP contribution is 2.29. The number of hydrazone groups is 1. The zero-order valence-corrected chi connectivity index (χ0v) is 15.3. The molecule has 0 bridgehead atoms. The van der Waals surface area contributed by atoms with Crippen LogP contribution in [0.4, 0.5) is 18.9 Å². The van der Waals surface area contributed by atoms with Crippen molar-refractivity contribution in [1.82, 2.24) is 5.01 Å². The van der Waals surface area contributed by atoms with Crippen LogP contribution < -0.4 is 5.73 Å². The molecular weight excluding hydrogens is 411 g/mol. The lowest BCUT2D eigenvalue weighted by Gasteiger charge is -2.24. The average Bonchev–Trinajstić information content (AvgIpc) is 2.70. The molecule has 0 saturated heterocycles. The maximum absolute atomic E-state index is 13.0. The van der Waals surface area contributed by atoms with Crippen molar-refractivity contribution in [3.63, 3.8) is 0 Å². The maximum Gasteiger partial charge on any atom is 0.473 e. The first kappa shape index (κ1) is 18.4. The van der Waals surface area contributed by atoms with Gasteiger partial charge < -0.3 is 5.73 Å². The zero-order valence-electron chi connectivity index (χ0n) is 13.7. The third-order valence-electron chi connectivity index (χ3n) is 4.10. The van der Waals surface area contributed by atoms with Crippen molar-refractivity contribution in [2.24, 2.45) is 5.10 Å². The topological polar surface area (TPSA) is 58.7 Å². The van der Waals surface area contributed by atoms with Gasteiger partial charge >= 0.3 is 12.1 Å². The van der Waals surface area contributed by atoms with Crippen LogP contribution in [0.1, 0.15) is 23.6 Å². The van der Waals surface area contributed by atoms with Gasteiger partial charge in [0.25, 0.3) is 0 Å². The molecule has 1 aliphatic rings. The van der Waals surface area contributed by atoms with E-state index in [2.05, 4.69) is 21.0 Å². The summed E-state index contributed by atoms with van der Waals surface area (Å²) in [5, 5.41) is 4.65. The monoisotopic (exact) mass is 425 g/mol. The molecule has 0 radical (unpaired) electrons. The number of nitrogens with two attached hydrogens (primary N) is 1. The number of hydrogen-bond donors (Lipinski definition) is 1. The fourth-order valence-corrected chi connectivity index (χ4v) is 3.20. The summed E-state index contributed by atoms with van der Waals surface area (Å²) in [6.45, 7) is 1.55. The van der Waals surface area contributed by atoms with Gasteiger partial charge in [-0.25, -0.2) is 5.01 Å². The van der Waals surface area contributed by atoms with Crippen LogP contribution >= 0.6 is 15.9 Å². The number of rotatable bonds is 1. The van der Waals surface area contributed by atoms with Crippen LogP contribution in [0.15, 0.2) is 52.0 Å².